The molecule has 1 aliphatic rings. The third-order valence-corrected chi connectivity index (χ3v) is 6.29. The van der Waals surface area contributed by atoms with E-state index in [9.17, 15) is 9.59 Å². The van der Waals surface area contributed by atoms with Crippen molar-refractivity contribution in [3.63, 3.8) is 0 Å². The van der Waals surface area contributed by atoms with Crippen LogP contribution in [-0.4, -0.2) is 23.7 Å². The van der Waals surface area contributed by atoms with Crippen LogP contribution in [0.3, 0.4) is 0 Å². The minimum atomic E-state index is -0.170. The Kier molecular flexibility index (Phi) is 6.28. The lowest BCUT2D eigenvalue weighted by molar-refractivity contribution is 0.0951. The fourth-order valence-electron chi connectivity index (χ4n) is 3.47. The smallest absolute Gasteiger partial charge is 0.326 e. The van der Waals surface area contributed by atoms with Crippen molar-refractivity contribution in [1.29, 1.82) is 0 Å². The standard InChI is InChI=1S/C25H25N3O2S/c1-17-7-9-19(10-8-17)15-26-24(29)20-11-13-21(14-12-20)27-25(30)28-16-18(2)31-23-6-4-3-5-22(23)28/h3-14,18H,15-16H2,1-2H3,(H,26,29)(H,27,30)/t18-/m1/s1. The number of nitrogens with zero attached hydrogens (tertiary/aromatic N) is 1. The van der Waals surface area contributed by atoms with Crippen molar-refractivity contribution in [2.45, 2.75) is 30.5 Å². The van der Waals surface area contributed by atoms with Crippen LogP contribution in [0.25, 0.3) is 0 Å². The molecule has 6 heteroatoms. The zero-order chi connectivity index (χ0) is 21.8. The first-order chi connectivity index (χ1) is 15.0. The Balaban J connectivity index is 1.38. The van der Waals surface area contributed by atoms with Crippen LogP contribution in [0, 0.1) is 6.92 Å². The molecule has 3 amide bonds. The second-order valence-corrected chi connectivity index (χ2v) is 9.16. The number of carbonyl (C=O) groups excluding carboxylic acids is 2. The summed E-state index contributed by atoms with van der Waals surface area (Å²) in [6, 6.07) is 22.8. The number of para-hydroxylation sites is 1. The minimum Gasteiger partial charge on any atom is -0.348 e. The first-order valence-electron chi connectivity index (χ1n) is 10.3. The Labute approximate surface area is 186 Å². The molecule has 0 aromatic heterocycles. The number of nitrogens with one attached hydrogen (secondary N) is 2. The molecule has 1 aliphatic heterocycles. The lowest BCUT2D eigenvalue weighted by Crippen LogP contribution is -2.41. The summed E-state index contributed by atoms with van der Waals surface area (Å²) < 4.78 is 0. The lowest BCUT2D eigenvalue weighted by Gasteiger charge is -2.32. The van der Waals surface area contributed by atoms with Crippen LogP contribution in [0.1, 0.15) is 28.4 Å². The summed E-state index contributed by atoms with van der Waals surface area (Å²) in [4.78, 5) is 28.2. The van der Waals surface area contributed by atoms with E-state index in [2.05, 4.69) is 17.6 Å². The molecule has 0 bridgehead atoms. The number of carbonyl (C=O) groups is 2. The van der Waals surface area contributed by atoms with Crippen LogP contribution in [0.2, 0.25) is 0 Å². The van der Waals surface area contributed by atoms with Gasteiger partial charge in [-0.05, 0) is 48.9 Å². The van der Waals surface area contributed by atoms with Crippen LogP contribution in [-0.2, 0) is 6.54 Å². The average molecular weight is 432 g/mol. The van der Waals surface area contributed by atoms with Gasteiger partial charge in [-0.3, -0.25) is 9.69 Å². The largest absolute Gasteiger partial charge is 0.348 e. The zero-order valence-corrected chi connectivity index (χ0v) is 18.4. The Morgan fingerprint density at radius 2 is 1.71 bits per heavy atom. The number of hydrogen-bond donors (Lipinski definition) is 2. The molecule has 0 radical (unpaired) electrons. The average Bonchev–Trinajstić information content (AvgIpc) is 2.78. The molecule has 0 spiro atoms. The zero-order valence-electron chi connectivity index (χ0n) is 17.6. The molecule has 4 rings (SSSR count). The summed E-state index contributed by atoms with van der Waals surface area (Å²) in [5.74, 6) is -0.144. The first-order valence-corrected chi connectivity index (χ1v) is 11.2. The van der Waals surface area contributed by atoms with Crippen molar-refractivity contribution in [3.8, 4) is 0 Å². The van der Waals surface area contributed by atoms with Gasteiger partial charge in [0.25, 0.3) is 5.91 Å². The van der Waals surface area contributed by atoms with Crippen LogP contribution in [0.15, 0.2) is 77.7 Å². The van der Waals surface area contributed by atoms with Gasteiger partial charge in [0.1, 0.15) is 0 Å². The van der Waals surface area contributed by atoms with Crippen molar-refractivity contribution in [2.24, 2.45) is 0 Å². The quantitative estimate of drug-likeness (QED) is 0.577. The molecule has 1 atom stereocenters. The molecule has 31 heavy (non-hydrogen) atoms. The molecular weight excluding hydrogens is 406 g/mol. The highest BCUT2D eigenvalue weighted by molar-refractivity contribution is 8.00. The Morgan fingerprint density at radius 1 is 1.00 bits per heavy atom. The van der Waals surface area contributed by atoms with Gasteiger partial charge in [-0.2, -0.15) is 0 Å². The maximum absolute atomic E-state index is 12.9. The van der Waals surface area contributed by atoms with E-state index in [4.69, 9.17) is 0 Å². The van der Waals surface area contributed by atoms with Gasteiger partial charge in [0, 0.05) is 34.5 Å². The monoisotopic (exact) mass is 431 g/mol. The topological polar surface area (TPSA) is 61.4 Å². The second kappa shape index (κ2) is 9.27. The van der Waals surface area contributed by atoms with Crippen molar-refractivity contribution in [1.82, 2.24) is 5.32 Å². The fourth-order valence-corrected chi connectivity index (χ4v) is 4.58. The van der Waals surface area contributed by atoms with Gasteiger partial charge in [-0.15, -0.1) is 11.8 Å². The summed E-state index contributed by atoms with van der Waals surface area (Å²) in [6.45, 7) is 5.27. The molecular formula is C25H25N3O2S. The number of benzene rings is 3. The number of aryl methyl sites for hydroxylation is 1. The highest BCUT2D eigenvalue weighted by atomic mass is 32.2. The number of fused-ring (bicyclic) bond motifs is 1. The number of urea groups is 1. The molecule has 3 aromatic carbocycles. The second-order valence-electron chi connectivity index (χ2n) is 7.68. The van der Waals surface area contributed by atoms with Crippen LogP contribution in [0.4, 0.5) is 16.2 Å². The highest BCUT2D eigenvalue weighted by Gasteiger charge is 2.26. The molecule has 0 unspecified atom stereocenters. The van der Waals surface area contributed by atoms with Gasteiger partial charge in [0.2, 0.25) is 0 Å². The van der Waals surface area contributed by atoms with Crippen molar-refractivity contribution < 1.29 is 9.59 Å². The summed E-state index contributed by atoms with van der Waals surface area (Å²) >= 11 is 1.78. The molecule has 0 saturated carbocycles. The number of thioether (sulfide) groups is 1. The maximum atomic E-state index is 12.9. The normalized spacial score (nSPS) is 15.2. The molecule has 0 aliphatic carbocycles. The number of anilines is 2. The lowest BCUT2D eigenvalue weighted by atomic mass is 10.1. The van der Waals surface area contributed by atoms with E-state index in [-0.39, 0.29) is 11.9 Å². The van der Waals surface area contributed by atoms with Gasteiger partial charge in [0.05, 0.1) is 5.69 Å². The Bertz CT molecular complexity index is 1080. The van der Waals surface area contributed by atoms with E-state index in [1.807, 2.05) is 55.5 Å². The van der Waals surface area contributed by atoms with Crippen molar-refractivity contribution >= 4 is 35.1 Å². The summed E-state index contributed by atoms with van der Waals surface area (Å²) in [5.41, 5.74) is 4.38. The summed E-state index contributed by atoms with van der Waals surface area (Å²) in [5, 5.41) is 6.19. The molecule has 0 saturated heterocycles. The van der Waals surface area contributed by atoms with Gasteiger partial charge >= 0.3 is 6.03 Å². The van der Waals surface area contributed by atoms with Crippen LogP contribution < -0.4 is 15.5 Å². The number of hydrogen-bond acceptors (Lipinski definition) is 3. The Morgan fingerprint density at radius 3 is 2.45 bits per heavy atom. The van der Waals surface area contributed by atoms with E-state index in [1.54, 1.807) is 40.9 Å². The van der Waals surface area contributed by atoms with Crippen molar-refractivity contribution in [3.05, 3.63) is 89.5 Å². The van der Waals surface area contributed by atoms with Gasteiger partial charge in [0.15, 0.2) is 0 Å². The maximum Gasteiger partial charge on any atom is 0.326 e. The van der Waals surface area contributed by atoms with Crippen molar-refractivity contribution in [2.75, 3.05) is 16.8 Å². The minimum absolute atomic E-state index is 0.144. The molecule has 2 N–H and O–H groups in total. The third-order valence-electron chi connectivity index (χ3n) is 5.14. The molecule has 3 aromatic rings. The predicted octanol–water partition coefficient (Wildman–Crippen LogP) is 5.46. The number of rotatable bonds is 4. The van der Waals surface area contributed by atoms with Gasteiger partial charge in [-0.25, -0.2) is 4.79 Å². The Hall–Kier alpha value is -3.25. The molecule has 158 valence electrons. The molecule has 0 fully saturated rings. The fraction of sp³-hybridized carbons (Fsp3) is 0.200. The predicted molar refractivity (Wildman–Crippen MR) is 127 cm³/mol. The van der Waals surface area contributed by atoms with Crippen LogP contribution >= 0.6 is 11.8 Å². The SMILES string of the molecule is Cc1ccc(CNC(=O)c2ccc(NC(=O)N3C[C@@H](C)Sc4ccccc43)cc2)cc1. The summed E-state index contributed by atoms with van der Waals surface area (Å²) in [6.07, 6.45) is 0. The van der Waals surface area contributed by atoms with E-state index >= 15 is 0 Å². The first kappa shape index (κ1) is 21.0. The molecule has 1 heterocycles. The summed E-state index contributed by atoms with van der Waals surface area (Å²) in [7, 11) is 0. The van der Waals surface area contributed by atoms with Gasteiger partial charge < -0.3 is 10.6 Å². The van der Waals surface area contributed by atoms with E-state index in [0.717, 1.165) is 16.1 Å². The van der Waals surface area contributed by atoms with E-state index < -0.39 is 0 Å². The van der Waals surface area contributed by atoms with Gasteiger partial charge in [-0.1, -0.05) is 48.9 Å². The molecule has 5 nitrogen and oxygen atoms in total. The third kappa shape index (κ3) is 5.09. The van der Waals surface area contributed by atoms with Crippen LogP contribution in [0.5, 0.6) is 0 Å². The highest BCUT2D eigenvalue weighted by Crippen LogP contribution is 2.38. The van der Waals surface area contributed by atoms with E-state index in [0.29, 0.717) is 29.6 Å². The van der Waals surface area contributed by atoms with E-state index in [1.165, 1.54) is 5.56 Å². The number of amides is 3.